The van der Waals surface area contributed by atoms with Crippen molar-refractivity contribution in [3.8, 4) is 6.07 Å². The third-order valence-electron chi connectivity index (χ3n) is 1.71. The number of halogens is 1. The fraction of sp³-hybridized carbons (Fsp3) is 0.400. The summed E-state index contributed by atoms with van der Waals surface area (Å²) < 4.78 is 5.05. The molecule has 0 aliphatic heterocycles. The quantitative estimate of drug-likeness (QED) is 0.575. The van der Waals surface area contributed by atoms with Crippen LogP contribution in [0.15, 0.2) is 12.1 Å². The number of ether oxygens (including phenoxy) is 1. The standard InChI is InChI=1S/C10H12ClN3O2/c11-9-5-8(7-12)6-10(14-9)13-1-3-16-4-2-15/h5-6,15H,1-4H2,(H,13,14). The maximum absolute atomic E-state index is 8.71. The van der Waals surface area contributed by atoms with E-state index in [9.17, 15) is 0 Å². The Labute approximate surface area is 98.6 Å². The van der Waals surface area contributed by atoms with Crippen LogP contribution in [0.3, 0.4) is 0 Å². The Kier molecular flexibility index (Phi) is 5.57. The summed E-state index contributed by atoms with van der Waals surface area (Å²) >= 11 is 5.72. The van der Waals surface area contributed by atoms with E-state index < -0.39 is 0 Å². The lowest BCUT2D eigenvalue weighted by atomic mass is 10.3. The molecule has 0 aliphatic carbocycles. The van der Waals surface area contributed by atoms with Gasteiger partial charge >= 0.3 is 0 Å². The van der Waals surface area contributed by atoms with Crippen molar-refractivity contribution in [2.24, 2.45) is 0 Å². The molecule has 2 N–H and O–H groups in total. The number of aromatic nitrogens is 1. The molecule has 0 saturated carbocycles. The second-order valence-corrected chi connectivity index (χ2v) is 3.33. The van der Waals surface area contributed by atoms with E-state index in [0.29, 0.717) is 31.1 Å². The molecular weight excluding hydrogens is 230 g/mol. The molecule has 0 atom stereocenters. The zero-order valence-corrected chi connectivity index (χ0v) is 9.37. The molecule has 1 rings (SSSR count). The van der Waals surface area contributed by atoms with Gasteiger partial charge in [0, 0.05) is 6.54 Å². The SMILES string of the molecule is N#Cc1cc(Cl)nc(NCCOCCO)c1. The first-order valence-electron chi connectivity index (χ1n) is 4.76. The third-order valence-corrected chi connectivity index (χ3v) is 1.90. The minimum absolute atomic E-state index is 0.00793. The van der Waals surface area contributed by atoms with Crippen LogP contribution in [0.25, 0.3) is 0 Å². The first-order valence-corrected chi connectivity index (χ1v) is 5.14. The Morgan fingerprint density at radius 3 is 3.00 bits per heavy atom. The van der Waals surface area contributed by atoms with Gasteiger partial charge in [-0.05, 0) is 12.1 Å². The van der Waals surface area contributed by atoms with Crippen LogP contribution < -0.4 is 5.32 Å². The average molecular weight is 242 g/mol. The molecule has 0 radical (unpaired) electrons. The number of nitrogens with zero attached hydrogens (tertiary/aromatic N) is 2. The Morgan fingerprint density at radius 2 is 2.31 bits per heavy atom. The van der Waals surface area contributed by atoms with Crippen LogP contribution >= 0.6 is 11.6 Å². The van der Waals surface area contributed by atoms with E-state index in [4.69, 9.17) is 26.7 Å². The van der Waals surface area contributed by atoms with Crippen LogP contribution in [0.2, 0.25) is 5.15 Å². The van der Waals surface area contributed by atoms with Crippen LogP contribution in [-0.2, 0) is 4.74 Å². The number of aliphatic hydroxyl groups is 1. The Morgan fingerprint density at radius 1 is 1.50 bits per heavy atom. The average Bonchev–Trinajstić information content (AvgIpc) is 2.28. The fourth-order valence-corrected chi connectivity index (χ4v) is 1.28. The highest BCUT2D eigenvalue weighted by Gasteiger charge is 2.00. The maximum Gasteiger partial charge on any atom is 0.132 e. The van der Waals surface area contributed by atoms with Crippen molar-refractivity contribution in [3.05, 3.63) is 22.8 Å². The number of hydrogen-bond donors (Lipinski definition) is 2. The molecule has 0 aliphatic rings. The Balaban J connectivity index is 2.42. The molecule has 1 heterocycles. The summed E-state index contributed by atoms with van der Waals surface area (Å²) in [6, 6.07) is 5.09. The summed E-state index contributed by atoms with van der Waals surface area (Å²) in [5, 5.41) is 20.4. The van der Waals surface area contributed by atoms with E-state index in [-0.39, 0.29) is 11.8 Å². The van der Waals surface area contributed by atoms with E-state index in [1.54, 1.807) is 6.07 Å². The van der Waals surface area contributed by atoms with Crippen molar-refractivity contribution < 1.29 is 9.84 Å². The van der Waals surface area contributed by atoms with Crippen molar-refractivity contribution in [1.82, 2.24) is 4.98 Å². The summed E-state index contributed by atoms with van der Waals surface area (Å²) in [4.78, 5) is 4.00. The predicted molar refractivity (Wildman–Crippen MR) is 60.4 cm³/mol. The van der Waals surface area contributed by atoms with E-state index in [1.807, 2.05) is 6.07 Å². The molecule has 0 aromatic carbocycles. The summed E-state index contributed by atoms with van der Waals surface area (Å²) in [5.41, 5.74) is 0.457. The largest absolute Gasteiger partial charge is 0.394 e. The molecule has 16 heavy (non-hydrogen) atoms. The molecule has 86 valence electrons. The maximum atomic E-state index is 8.71. The number of nitrogens with one attached hydrogen (secondary N) is 1. The van der Waals surface area contributed by atoms with E-state index in [1.165, 1.54) is 6.07 Å². The molecule has 6 heteroatoms. The van der Waals surface area contributed by atoms with Crippen LogP contribution in [0.1, 0.15) is 5.56 Å². The summed E-state index contributed by atoms with van der Waals surface area (Å²) in [6.07, 6.45) is 0. The molecule has 0 amide bonds. The van der Waals surface area contributed by atoms with Crippen molar-refractivity contribution >= 4 is 17.4 Å². The van der Waals surface area contributed by atoms with Crippen molar-refractivity contribution in [2.45, 2.75) is 0 Å². The van der Waals surface area contributed by atoms with Gasteiger partial charge in [0.15, 0.2) is 0 Å². The molecule has 0 spiro atoms. The monoisotopic (exact) mass is 241 g/mol. The van der Waals surface area contributed by atoms with E-state index >= 15 is 0 Å². The van der Waals surface area contributed by atoms with Crippen LogP contribution in [0.5, 0.6) is 0 Å². The first-order chi connectivity index (χ1) is 7.76. The molecule has 5 nitrogen and oxygen atoms in total. The van der Waals surface area contributed by atoms with Crippen molar-refractivity contribution in [1.29, 1.82) is 5.26 Å². The zero-order valence-electron chi connectivity index (χ0n) is 8.61. The van der Waals surface area contributed by atoms with Gasteiger partial charge in [0.05, 0.1) is 31.5 Å². The zero-order chi connectivity index (χ0) is 11.8. The second-order valence-electron chi connectivity index (χ2n) is 2.94. The highest BCUT2D eigenvalue weighted by molar-refractivity contribution is 6.29. The van der Waals surface area contributed by atoms with Gasteiger partial charge in [0.25, 0.3) is 0 Å². The smallest absolute Gasteiger partial charge is 0.132 e. The summed E-state index contributed by atoms with van der Waals surface area (Å²) in [5.74, 6) is 0.539. The minimum Gasteiger partial charge on any atom is -0.394 e. The van der Waals surface area contributed by atoms with Gasteiger partial charge in [-0.25, -0.2) is 4.98 Å². The van der Waals surface area contributed by atoms with Crippen LogP contribution in [-0.4, -0.2) is 36.5 Å². The Hall–Kier alpha value is -1.35. The molecule has 0 bridgehead atoms. The lowest BCUT2D eigenvalue weighted by Crippen LogP contribution is -2.12. The minimum atomic E-state index is 0.00793. The Bertz CT molecular complexity index is 379. The van der Waals surface area contributed by atoms with Gasteiger partial charge in [0.2, 0.25) is 0 Å². The fourth-order valence-electron chi connectivity index (χ4n) is 1.07. The number of hydrogen-bond acceptors (Lipinski definition) is 5. The predicted octanol–water partition coefficient (Wildman–Crippen LogP) is 1.03. The van der Waals surface area contributed by atoms with Crippen LogP contribution in [0.4, 0.5) is 5.82 Å². The van der Waals surface area contributed by atoms with Gasteiger partial charge in [0.1, 0.15) is 11.0 Å². The normalized spacial score (nSPS) is 9.81. The lowest BCUT2D eigenvalue weighted by Gasteiger charge is -2.06. The van der Waals surface area contributed by atoms with Gasteiger partial charge in [-0.15, -0.1) is 0 Å². The van der Waals surface area contributed by atoms with Gasteiger partial charge < -0.3 is 15.2 Å². The van der Waals surface area contributed by atoms with E-state index in [2.05, 4.69) is 10.3 Å². The third kappa shape index (κ3) is 4.45. The molecule has 1 aromatic heterocycles. The molecule has 0 saturated heterocycles. The second kappa shape index (κ2) is 7.01. The molecular formula is C10H12ClN3O2. The number of anilines is 1. The first kappa shape index (κ1) is 12.7. The number of pyridine rings is 1. The lowest BCUT2D eigenvalue weighted by molar-refractivity contribution is 0.0992. The number of rotatable bonds is 6. The highest BCUT2D eigenvalue weighted by Crippen LogP contribution is 2.13. The van der Waals surface area contributed by atoms with Crippen LogP contribution in [0, 0.1) is 11.3 Å². The molecule has 1 aromatic rings. The molecule has 0 unspecified atom stereocenters. The topological polar surface area (TPSA) is 78.2 Å². The number of aliphatic hydroxyl groups excluding tert-OH is 1. The van der Waals surface area contributed by atoms with E-state index in [0.717, 1.165) is 0 Å². The van der Waals surface area contributed by atoms with Gasteiger partial charge in [-0.2, -0.15) is 5.26 Å². The summed E-state index contributed by atoms with van der Waals surface area (Å²) in [6.45, 7) is 1.32. The number of nitriles is 1. The highest BCUT2D eigenvalue weighted by atomic mass is 35.5. The molecule has 0 fully saturated rings. The van der Waals surface area contributed by atoms with Crippen molar-refractivity contribution in [2.75, 3.05) is 31.7 Å². The van der Waals surface area contributed by atoms with Crippen molar-refractivity contribution in [3.63, 3.8) is 0 Å². The summed E-state index contributed by atoms with van der Waals surface area (Å²) in [7, 11) is 0. The van der Waals surface area contributed by atoms with Gasteiger partial charge in [-0.1, -0.05) is 11.6 Å². The van der Waals surface area contributed by atoms with Gasteiger partial charge in [-0.3, -0.25) is 0 Å².